The first-order valence-electron chi connectivity index (χ1n) is 5.41. The van der Waals surface area contributed by atoms with Crippen molar-refractivity contribution in [2.24, 2.45) is 0 Å². The number of rotatable bonds is 2. The van der Waals surface area contributed by atoms with Crippen LogP contribution in [-0.2, 0) is 0 Å². The fourth-order valence-corrected chi connectivity index (χ4v) is 1.99. The van der Waals surface area contributed by atoms with E-state index < -0.39 is 11.9 Å². The van der Waals surface area contributed by atoms with Gasteiger partial charge in [-0.1, -0.05) is 6.07 Å². The Morgan fingerprint density at radius 2 is 2.25 bits per heavy atom. The highest BCUT2D eigenvalue weighted by atomic mass is 19.1. The van der Waals surface area contributed by atoms with Gasteiger partial charge in [-0.25, -0.2) is 4.39 Å². The molecule has 4 heteroatoms. The zero-order valence-corrected chi connectivity index (χ0v) is 8.82. The maximum atomic E-state index is 12.9. The van der Waals surface area contributed by atoms with Crippen LogP contribution in [0.1, 0.15) is 29.6 Å². The Bertz CT molecular complexity index is 394. The maximum absolute atomic E-state index is 12.9. The highest BCUT2D eigenvalue weighted by Crippen LogP contribution is 2.19. The quantitative estimate of drug-likeness (QED) is 0.797. The summed E-state index contributed by atoms with van der Waals surface area (Å²) in [5, 5.41) is 12.3. The second-order valence-electron chi connectivity index (χ2n) is 4.09. The van der Waals surface area contributed by atoms with Crippen LogP contribution in [0, 0.1) is 5.82 Å². The molecule has 2 atom stereocenters. The van der Waals surface area contributed by atoms with Gasteiger partial charge in [0.15, 0.2) is 0 Å². The van der Waals surface area contributed by atoms with Crippen LogP contribution < -0.4 is 5.32 Å². The average Bonchev–Trinajstić information content (AvgIpc) is 2.64. The van der Waals surface area contributed by atoms with Gasteiger partial charge in [-0.2, -0.15) is 0 Å². The molecule has 1 fully saturated rings. The third-order valence-corrected chi connectivity index (χ3v) is 2.88. The summed E-state index contributed by atoms with van der Waals surface area (Å²) in [6, 6.07) is 5.34. The normalized spacial score (nSPS) is 24.4. The molecule has 16 heavy (non-hydrogen) atoms. The molecule has 1 aliphatic carbocycles. The van der Waals surface area contributed by atoms with Crippen LogP contribution in [0.25, 0.3) is 0 Å². The maximum Gasteiger partial charge on any atom is 0.251 e. The van der Waals surface area contributed by atoms with Crippen molar-refractivity contribution >= 4 is 5.91 Å². The van der Waals surface area contributed by atoms with Crippen molar-refractivity contribution in [1.29, 1.82) is 0 Å². The van der Waals surface area contributed by atoms with Crippen LogP contribution in [0.2, 0.25) is 0 Å². The highest BCUT2D eigenvalue weighted by molar-refractivity contribution is 5.94. The summed E-state index contributed by atoms with van der Waals surface area (Å²) in [4.78, 5) is 11.7. The predicted octanol–water partition coefficient (Wildman–Crippen LogP) is 1.47. The van der Waals surface area contributed by atoms with Gasteiger partial charge in [0.25, 0.3) is 5.91 Å². The van der Waals surface area contributed by atoms with E-state index in [0.717, 1.165) is 12.8 Å². The monoisotopic (exact) mass is 223 g/mol. The molecule has 1 aromatic carbocycles. The molecule has 0 aromatic heterocycles. The van der Waals surface area contributed by atoms with E-state index >= 15 is 0 Å². The number of benzene rings is 1. The van der Waals surface area contributed by atoms with E-state index in [1.54, 1.807) is 6.07 Å². The topological polar surface area (TPSA) is 49.3 Å². The van der Waals surface area contributed by atoms with Crippen LogP contribution >= 0.6 is 0 Å². The summed E-state index contributed by atoms with van der Waals surface area (Å²) < 4.78 is 12.9. The Morgan fingerprint density at radius 3 is 2.88 bits per heavy atom. The molecule has 86 valence electrons. The van der Waals surface area contributed by atoms with Crippen molar-refractivity contribution < 1.29 is 14.3 Å². The molecule has 1 saturated carbocycles. The minimum absolute atomic E-state index is 0.198. The van der Waals surface area contributed by atoms with Crippen LogP contribution in [0.5, 0.6) is 0 Å². The number of aliphatic hydroxyl groups is 1. The fraction of sp³-hybridized carbons (Fsp3) is 0.417. The largest absolute Gasteiger partial charge is 0.391 e. The fourth-order valence-electron chi connectivity index (χ4n) is 1.99. The molecule has 2 N–H and O–H groups in total. The lowest BCUT2D eigenvalue weighted by Gasteiger charge is -2.16. The molecular formula is C12H14FNO2. The number of halogens is 1. The van der Waals surface area contributed by atoms with E-state index in [4.69, 9.17) is 0 Å². The Hall–Kier alpha value is -1.42. The summed E-state index contributed by atoms with van der Waals surface area (Å²) in [5.41, 5.74) is 0.291. The molecule has 1 aromatic rings. The molecule has 0 heterocycles. The number of hydrogen-bond donors (Lipinski definition) is 2. The van der Waals surface area contributed by atoms with E-state index in [2.05, 4.69) is 5.32 Å². The molecule has 0 unspecified atom stereocenters. The molecule has 3 nitrogen and oxygen atoms in total. The summed E-state index contributed by atoms with van der Waals surface area (Å²) >= 11 is 0. The molecule has 1 aliphatic rings. The number of amides is 1. The van der Waals surface area contributed by atoms with Crippen molar-refractivity contribution in [3.05, 3.63) is 35.6 Å². The number of carbonyl (C=O) groups excluding carboxylic acids is 1. The predicted molar refractivity (Wildman–Crippen MR) is 57.5 cm³/mol. The van der Waals surface area contributed by atoms with Gasteiger partial charge in [0.05, 0.1) is 12.1 Å². The van der Waals surface area contributed by atoms with Crippen LogP contribution in [0.4, 0.5) is 4.39 Å². The van der Waals surface area contributed by atoms with Crippen molar-refractivity contribution in [2.45, 2.75) is 31.4 Å². The minimum atomic E-state index is -0.475. The Morgan fingerprint density at radius 1 is 1.44 bits per heavy atom. The lowest BCUT2D eigenvalue weighted by molar-refractivity contribution is 0.0873. The van der Waals surface area contributed by atoms with Crippen LogP contribution in [0.3, 0.4) is 0 Å². The zero-order chi connectivity index (χ0) is 11.5. The van der Waals surface area contributed by atoms with Gasteiger partial charge in [-0.15, -0.1) is 0 Å². The molecule has 0 bridgehead atoms. The van der Waals surface area contributed by atoms with Gasteiger partial charge in [-0.05, 0) is 37.5 Å². The van der Waals surface area contributed by atoms with E-state index in [1.165, 1.54) is 18.2 Å². The second kappa shape index (κ2) is 4.61. The number of hydrogen-bond acceptors (Lipinski definition) is 2. The summed E-state index contributed by atoms with van der Waals surface area (Å²) in [6.07, 6.45) is 1.93. The molecule has 0 saturated heterocycles. The van der Waals surface area contributed by atoms with Crippen molar-refractivity contribution in [1.82, 2.24) is 5.32 Å². The number of aliphatic hydroxyl groups excluding tert-OH is 1. The first-order chi connectivity index (χ1) is 7.66. The lowest BCUT2D eigenvalue weighted by atomic mass is 10.1. The van der Waals surface area contributed by atoms with Crippen molar-refractivity contribution in [3.8, 4) is 0 Å². The SMILES string of the molecule is O=C(N[C@@H]1CCC[C@@H]1O)c1cccc(F)c1. The minimum Gasteiger partial charge on any atom is -0.391 e. The van der Waals surface area contributed by atoms with Gasteiger partial charge >= 0.3 is 0 Å². The number of carbonyl (C=O) groups is 1. The standard InChI is InChI=1S/C12H14FNO2/c13-9-4-1-3-8(7-9)12(16)14-10-5-2-6-11(10)15/h1,3-4,7,10-11,15H,2,5-6H2,(H,14,16)/t10-,11+/m1/s1. The van der Waals surface area contributed by atoms with Gasteiger partial charge in [0.1, 0.15) is 5.82 Å². The molecule has 0 aliphatic heterocycles. The van der Waals surface area contributed by atoms with Crippen molar-refractivity contribution in [2.75, 3.05) is 0 Å². The third-order valence-electron chi connectivity index (χ3n) is 2.88. The van der Waals surface area contributed by atoms with Gasteiger partial charge in [0, 0.05) is 5.56 Å². The highest BCUT2D eigenvalue weighted by Gasteiger charge is 2.26. The second-order valence-corrected chi connectivity index (χ2v) is 4.09. The Kier molecular flexibility index (Phi) is 3.19. The van der Waals surface area contributed by atoms with Crippen LogP contribution in [-0.4, -0.2) is 23.2 Å². The average molecular weight is 223 g/mol. The van der Waals surface area contributed by atoms with E-state index in [0.29, 0.717) is 12.0 Å². The van der Waals surface area contributed by atoms with E-state index in [-0.39, 0.29) is 11.9 Å². The molecule has 0 spiro atoms. The van der Waals surface area contributed by atoms with Gasteiger partial charge in [0.2, 0.25) is 0 Å². The van der Waals surface area contributed by atoms with E-state index in [1.807, 2.05) is 0 Å². The molecule has 0 radical (unpaired) electrons. The zero-order valence-electron chi connectivity index (χ0n) is 8.82. The van der Waals surface area contributed by atoms with Crippen molar-refractivity contribution in [3.63, 3.8) is 0 Å². The first kappa shape index (κ1) is 11.1. The lowest BCUT2D eigenvalue weighted by Crippen LogP contribution is -2.39. The van der Waals surface area contributed by atoms with Gasteiger partial charge < -0.3 is 10.4 Å². The molecule has 2 rings (SSSR count). The Balaban J connectivity index is 2.03. The summed E-state index contributed by atoms with van der Waals surface area (Å²) in [7, 11) is 0. The first-order valence-corrected chi connectivity index (χ1v) is 5.41. The Labute approximate surface area is 93.3 Å². The smallest absolute Gasteiger partial charge is 0.251 e. The third kappa shape index (κ3) is 2.39. The molecule has 1 amide bonds. The number of nitrogens with one attached hydrogen (secondary N) is 1. The summed E-state index contributed by atoms with van der Waals surface area (Å²) in [6.45, 7) is 0. The van der Waals surface area contributed by atoms with Crippen LogP contribution in [0.15, 0.2) is 24.3 Å². The van der Waals surface area contributed by atoms with Gasteiger partial charge in [-0.3, -0.25) is 4.79 Å². The summed E-state index contributed by atoms with van der Waals surface area (Å²) in [5.74, 6) is -0.759. The van der Waals surface area contributed by atoms with E-state index in [9.17, 15) is 14.3 Å². The molecular weight excluding hydrogens is 209 g/mol.